The van der Waals surface area contributed by atoms with E-state index in [1.54, 1.807) is 0 Å². The van der Waals surface area contributed by atoms with Gasteiger partial charge in [-0.3, -0.25) is 0 Å². The molecule has 0 saturated heterocycles. The zero-order valence-corrected chi connectivity index (χ0v) is 16.0. The van der Waals surface area contributed by atoms with Crippen molar-refractivity contribution in [1.29, 1.82) is 0 Å². The lowest BCUT2D eigenvalue weighted by Crippen LogP contribution is -2.49. The molecule has 1 spiro atoms. The van der Waals surface area contributed by atoms with Crippen LogP contribution in [-0.2, 0) is 4.74 Å². The van der Waals surface area contributed by atoms with Crippen LogP contribution in [0.1, 0.15) is 51.2 Å². The molecule has 1 aromatic rings. The summed E-state index contributed by atoms with van der Waals surface area (Å²) in [4.78, 5) is 4.86. The van der Waals surface area contributed by atoms with Gasteiger partial charge in [0.1, 0.15) is 5.60 Å². The summed E-state index contributed by atoms with van der Waals surface area (Å²) in [5.41, 5.74) is 3.00. The molecule has 1 aliphatic heterocycles. The first-order valence-corrected chi connectivity index (χ1v) is 9.38. The lowest BCUT2D eigenvalue weighted by molar-refractivity contribution is -0.0559. The predicted molar refractivity (Wildman–Crippen MR) is 98.3 cm³/mol. The van der Waals surface area contributed by atoms with Gasteiger partial charge in [0.2, 0.25) is 5.90 Å². The number of aryl methyl sites for hydroxylation is 1. The molecule has 4 rings (SSSR count). The minimum Gasteiger partial charge on any atom is -0.468 e. The number of hydrogen-bond donors (Lipinski definition) is 0. The molecule has 2 bridgehead atoms. The number of rotatable bonds is 1. The third-order valence-electron chi connectivity index (χ3n) is 7.21. The zero-order valence-electron chi connectivity index (χ0n) is 13.9. The second-order valence-corrected chi connectivity index (χ2v) is 9.23. The fraction of sp³-hybridized carbons (Fsp3) is 0.632. The summed E-state index contributed by atoms with van der Waals surface area (Å²) in [5, 5.41) is 0. The van der Waals surface area contributed by atoms with Gasteiger partial charge in [0.05, 0.1) is 6.54 Å². The number of ether oxygens (including phenoxy) is 1. The molecule has 2 nitrogen and oxygen atoms in total. The molecule has 3 atom stereocenters. The third-order valence-corrected chi connectivity index (χ3v) is 8.64. The lowest BCUT2D eigenvalue weighted by atomic mass is 9.64. The Morgan fingerprint density at radius 2 is 2.05 bits per heavy atom. The normalized spacial score (nSPS) is 38.4. The molecule has 22 heavy (non-hydrogen) atoms. The molecule has 2 aliphatic carbocycles. The van der Waals surface area contributed by atoms with Gasteiger partial charge < -0.3 is 4.74 Å². The zero-order chi connectivity index (χ0) is 15.8. The molecule has 118 valence electrons. The van der Waals surface area contributed by atoms with Crippen LogP contribution in [0.25, 0.3) is 0 Å². The van der Waals surface area contributed by atoms with Crippen LogP contribution in [0.15, 0.2) is 23.2 Å². The number of halogens is 1. The van der Waals surface area contributed by atoms with E-state index >= 15 is 0 Å². The number of nitrogens with zero attached hydrogens (tertiary/aromatic N) is 1. The number of hydrogen-bond acceptors (Lipinski definition) is 2. The van der Waals surface area contributed by atoms with Crippen LogP contribution in [0.2, 0.25) is 0 Å². The van der Waals surface area contributed by atoms with Crippen molar-refractivity contribution in [2.45, 2.75) is 52.6 Å². The second kappa shape index (κ2) is 4.49. The first-order chi connectivity index (χ1) is 10.3. The van der Waals surface area contributed by atoms with Crippen molar-refractivity contribution in [1.82, 2.24) is 0 Å². The summed E-state index contributed by atoms with van der Waals surface area (Å²) < 4.78 is 7.92. The highest BCUT2D eigenvalue weighted by Gasteiger charge is 2.71. The Kier molecular flexibility index (Phi) is 3.06. The smallest absolute Gasteiger partial charge is 0.217 e. The van der Waals surface area contributed by atoms with E-state index in [9.17, 15) is 0 Å². The molecule has 1 heterocycles. The predicted octanol–water partition coefficient (Wildman–Crippen LogP) is 4.96. The monoisotopic (exact) mass is 409 g/mol. The summed E-state index contributed by atoms with van der Waals surface area (Å²) in [5.74, 6) is 1.65. The SMILES string of the molecule is Cc1cccc(C2=NC[C@@]3(CC4CCC3(C)C4(C)C)O2)c1I. The molecule has 0 amide bonds. The van der Waals surface area contributed by atoms with Gasteiger partial charge in [-0.2, -0.15) is 0 Å². The maximum absolute atomic E-state index is 6.65. The molecule has 2 unspecified atom stereocenters. The minimum absolute atomic E-state index is 0.0679. The van der Waals surface area contributed by atoms with Crippen molar-refractivity contribution in [3.63, 3.8) is 0 Å². The van der Waals surface area contributed by atoms with Crippen LogP contribution in [0.5, 0.6) is 0 Å². The van der Waals surface area contributed by atoms with Gasteiger partial charge in [-0.25, -0.2) is 4.99 Å². The van der Waals surface area contributed by atoms with Gasteiger partial charge in [-0.15, -0.1) is 0 Å². The quantitative estimate of drug-likeness (QED) is 0.601. The first kappa shape index (κ1) is 15.0. The number of fused-ring (bicyclic) bond motifs is 3. The molecule has 2 fully saturated rings. The number of aliphatic imine (C=N–C) groups is 1. The standard InChI is InChI=1S/C19H24INO/c1-12-6-5-7-14(15(12)20)16-21-11-19(22-16)10-13-8-9-18(19,4)17(13,2)3/h5-7,13H,8-11H2,1-4H3/t13?,18?,19-/m1/s1. The summed E-state index contributed by atoms with van der Waals surface area (Å²) in [6.07, 6.45) is 3.80. The molecule has 3 aliphatic rings. The molecular formula is C19H24INO. The van der Waals surface area contributed by atoms with Gasteiger partial charge in [0.15, 0.2) is 0 Å². The van der Waals surface area contributed by atoms with Crippen molar-refractivity contribution < 1.29 is 4.74 Å². The lowest BCUT2D eigenvalue weighted by Gasteiger charge is -2.45. The van der Waals surface area contributed by atoms with Crippen LogP contribution in [0.4, 0.5) is 0 Å². The molecule has 1 aromatic carbocycles. The van der Waals surface area contributed by atoms with E-state index in [2.05, 4.69) is 68.5 Å². The molecule has 0 N–H and O–H groups in total. The van der Waals surface area contributed by atoms with Crippen molar-refractivity contribution >= 4 is 28.5 Å². The van der Waals surface area contributed by atoms with Crippen molar-refractivity contribution in [3.05, 3.63) is 32.9 Å². The highest BCUT2D eigenvalue weighted by molar-refractivity contribution is 14.1. The second-order valence-electron chi connectivity index (χ2n) is 8.15. The van der Waals surface area contributed by atoms with E-state index in [0.717, 1.165) is 18.4 Å². The van der Waals surface area contributed by atoms with Gasteiger partial charge in [-0.1, -0.05) is 32.9 Å². The molecule has 0 radical (unpaired) electrons. The molecular weight excluding hydrogens is 385 g/mol. The third kappa shape index (κ3) is 1.64. The highest BCUT2D eigenvalue weighted by Crippen LogP contribution is 2.71. The van der Waals surface area contributed by atoms with Crippen LogP contribution in [0, 0.1) is 27.2 Å². The molecule has 2 saturated carbocycles. The molecule has 3 heteroatoms. The Balaban J connectivity index is 1.70. The minimum atomic E-state index is -0.0679. The largest absolute Gasteiger partial charge is 0.468 e. The van der Waals surface area contributed by atoms with Crippen LogP contribution < -0.4 is 0 Å². The first-order valence-electron chi connectivity index (χ1n) is 8.30. The fourth-order valence-electron chi connectivity index (χ4n) is 5.19. The van der Waals surface area contributed by atoms with Gasteiger partial charge in [-0.05, 0) is 71.7 Å². The highest BCUT2D eigenvalue weighted by atomic mass is 127. The summed E-state index contributed by atoms with van der Waals surface area (Å²) in [6.45, 7) is 10.3. The van der Waals surface area contributed by atoms with E-state index < -0.39 is 0 Å². The van der Waals surface area contributed by atoms with E-state index in [0.29, 0.717) is 5.41 Å². The topological polar surface area (TPSA) is 21.6 Å². The van der Waals surface area contributed by atoms with Crippen LogP contribution in [0.3, 0.4) is 0 Å². The van der Waals surface area contributed by atoms with E-state index in [-0.39, 0.29) is 11.0 Å². The fourth-order valence-corrected chi connectivity index (χ4v) is 5.78. The van der Waals surface area contributed by atoms with Crippen molar-refractivity contribution in [2.75, 3.05) is 6.54 Å². The Labute approximate surface area is 146 Å². The summed E-state index contributed by atoms with van der Waals surface area (Å²) in [7, 11) is 0. The maximum atomic E-state index is 6.65. The average molecular weight is 409 g/mol. The van der Waals surface area contributed by atoms with Gasteiger partial charge in [0.25, 0.3) is 0 Å². The Morgan fingerprint density at radius 1 is 1.27 bits per heavy atom. The van der Waals surface area contributed by atoms with Gasteiger partial charge >= 0.3 is 0 Å². The maximum Gasteiger partial charge on any atom is 0.217 e. The van der Waals surface area contributed by atoms with Crippen molar-refractivity contribution in [2.24, 2.45) is 21.7 Å². The number of benzene rings is 1. The van der Waals surface area contributed by atoms with Gasteiger partial charge in [0, 0.05) is 14.5 Å². The Hall–Kier alpha value is -0.580. The Bertz CT molecular complexity index is 680. The summed E-state index contributed by atoms with van der Waals surface area (Å²) in [6, 6.07) is 6.40. The molecule has 0 aromatic heterocycles. The summed E-state index contributed by atoms with van der Waals surface area (Å²) >= 11 is 2.42. The van der Waals surface area contributed by atoms with E-state index in [4.69, 9.17) is 9.73 Å². The van der Waals surface area contributed by atoms with Crippen LogP contribution in [-0.4, -0.2) is 18.0 Å². The van der Waals surface area contributed by atoms with E-state index in [1.807, 2.05) is 0 Å². The van der Waals surface area contributed by atoms with Crippen molar-refractivity contribution in [3.8, 4) is 0 Å². The van der Waals surface area contributed by atoms with Crippen LogP contribution >= 0.6 is 22.6 Å². The Morgan fingerprint density at radius 3 is 2.68 bits per heavy atom. The van der Waals surface area contributed by atoms with E-state index in [1.165, 1.54) is 34.0 Å². The average Bonchev–Trinajstić information content (AvgIpc) is 3.03.